The van der Waals surface area contributed by atoms with Crippen LogP contribution in [0.5, 0.6) is 5.75 Å². The molecule has 1 aromatic heterocycles. The summed E-state index contributed by atoms with van der Waals surface area (Å²) in [7, 11) is 1.36. The molecule has 0 bridgehead atoms. The van der Waals surface area contributed by atoms with Crippen LogP contribution in [-0.4, -0.2) is 28.1 Å². The molecule has 0 aliphatic heterocycles. The molecule has 0 aliphatic rings. The number of ether oxygens (including phenoxy) is 1. The van der Waals surface area contributed by atoms with Crippen LogP contribution in [0.3, 0.4) is 0 Å². The van der Waals surface area contributed by atoms with E-state index in [0.29, 0.717) is 0 Å². The molecule has 82 valence electrons. The van der Waals surface area contributed by atoms with Gasteiger partial charge in [-0.05, 0) is 18.2 Å². The van der Waals surface area contributed by atoms with Crippen LogP contribution in [0.1, 0.15) is 16.2 Å². The summed E-state index contributed by atoms with van der Waals surface area (Å²) in [6.07, 6.45) is 1.22. The maximum Gasteiger partial charge on any atom is 0.229 e. The van der Waals surface area contributed by atoms with Gasteiger partial charge in [0.05, 0.1) is 7.11 Å². The molecule has 0 fully saturated rings. The normalized spacial score (nSPS) is 10.1. The zero-order valence-corrected chi connectivity index (χ0v) is 8.40. The van der Waals surface area contributed by atoms with E-state index in [2.05, 4.69) is 15.2 Å². The summed E-state index contributed by atoms with van der Waals surface area (Å²) in [6, 6.07) is 3.95. The Labute approximate surface area is 90.3 Å². The van der Waals surface area contributed by atoms with Gasteiger partial charge in [-0.3, -0.25) is 9.89 Å². The Bertz CT molecular complexity index is 511. The number of halogens is 1. The van der Waals surface area contributed by atoms with Crippen molar-refractivity contribution in [1.29, 1.82) is 0 Å². The topological polar surface area (TPSA) is 67.9 Å². The van der Waals surface area contributed by atoms with E-state index in [1.807, 2.05) is 0 Å². The minimum atomic E-state index is -0.590. The molecule has 0 atom stereocenters. The van der Waals surface area contributed by atoms with E-state index in [1.54, 1.807) is 0 Å². The molecule has 6 heteroatoms. The Hall–Kier alpha value is -2.24. The second-order valence-corrected chi connectivity index (χ2v) is 3.01. The number of carbonyl (C=O) groups is 1. The van der Waals surface area contributed by atoms with Crippen molar-refractivity contribution >= 4 is 5.78 Å². The molecular formula is C10H8FN3O2. The lowest BCUT2D eigenvalue weighted by molar-refractivity contribution is 0.102. The van der Waals surface area contributed by atoms with Gasteiger partial charge in [-0.25, -0.2) is 9.37 Å². The first-order valence-electron chi connectivity index (χ1n) is 4.46. The fourth-order valence-corrected chi connectivity index (χ4v) is 1.26. The van der Waals surface area contributed by atoms with Gasteiger partial charge in [-0.2, -0.15) is 5.10 Å². The molecule has 0 spiro atoms. The average molecular weight is 221 g/mol. The van der Waals surface area contributed by atoms with E-state index in [-0.39, 0.29) is 17.1 Å². The number of benzene rings is 1. The molecule has 1 aromatic carbocycles. The Morgan fingerprint density at radius 2 is 2.31 bits per heavy atom. The lowest BCUT2D eigenvalue weighted by Crippen LogP contribution is -2.04. The number of aromatic nitrogens is 3. The van der Waals surface area contributed by atoms with E-state index in [4.69, 9.17) is 4.74 Å². The Morgan fingerprint density at radius 1 is 1.50 bits per heavy atom. The number of ketones is 1. The van der Waals surface area contributed by atoms with Crippen molar-refractivity contribution in [2.75, 3.05) is 7.11 Å². The highest BCUT2D eigenvalue weighted by molar-refractivity contribution is 6.06. The summed E-state index contributed by atoms with van der Waals surface area (Å²) >= 11 is 0. The van der Waals surface area contributed by atoms with Crippen molar-refractivity contribution in [3.05, 3.63) is 41.7 Å². The van der Waals surface area contributed by atoms with Gasteiger partial charge in [0.25, 0.3) is 0 Å². The van der Waals surface area contributed by atoms with Gasteiger partial charge < -0.3 is 4.74 Å². The predicted molar refractivity (Wildman–Crippen MR) is 52.8 cm³/mol. The minimum absolute atomic E-state index is 0.0737. The smallest absolute Gasteiger partial charge is 0.229 e. The molecule has 0 amide bonds. The first-order chi connectivity index (χ1) is 7.72. The second-order valence-electron chi connectivity index (χ2n) is 3.01. The number of aromatic amines is 1. The van der Waals surface area contributed by atoms with Gasteiger partial charge in [-0.1, -0.05) is 0 Å². The van der Waals surface area contributed by atoms with Gasteiger partial charge in [0, 0.05) is 5.56 Å². The van der Waals surface area contributed by atoms with Crippen LogP contribution < -0.4 is 4.74 Å². The largest absolute Gasteiger partial charge is 0.494 e. The molecule has 0 aliphatic carbocycles. The van der Waals surface area contributed by atoms with Crippen LogP contribution in [0, 0.1) is 5.82 Å². The molecule has 0 radical (unpaired) electrons. The summed E-state index contributed by atoms with van der Waals surface area (Å²) in [5.74, 6) is -0.842. The molecule has 2 aromatic rings. The maximum absolute atomic E-state index is 13.3. The number of hydrogen-bond acceptors (Lipinski definition) is 4. The summed E-state index contributed by atoms with van der Waals surface area (Å²) in [5.41, 5.74) is 0.190. The van der Waals surface area contributed by atoms with Crippen LogP contribution in [-0.2, 0) is 0 Å². The van der Waals surface area contributed by atoms with Crippen LogP contribution in [0.2, 0.25) is 0 Å². The highest BCUT2D eigenvalue weighted by atomic mass is 19.1. The van der Waals surface area contributed by atoms with E-state index in [1.165, 1.54) is 25.6 Å². The van der Waals surface area contributed by atoms with Crippen molar-refractivity contribution < 1.29 is 13.9 Å². The number of rotatable bonds is 3. The third kappa shape index (κ3) is 1.77. The summed E-state index contributed by atoms with van der Waals surface area (Å²) in [4.78, 5) is 15.4. The Morgan fingerprint density at radius 3 is 2.88 bits per heavy atom. The van der Waals surface area contributed by atoms with E-state index >= 15 is 0 Å². The van der Waals surface area contributed by atoms with Crippen LogP contribution in [0.4, 0.5) is 4.39 Å². The fourth-order valence-electron chi connectivity index (χ4n) is 1.26. The van der Waals surface area contributed by atoms with Crippen LogP contribution in [0.25, 0.3) is 0 Å². The number of H-pyrrole nitrogens is 1. The lowest BCUT2D eigenvalue weighted by Gasteiger charge is -2.02. The second kappa shape index (κ2) is 4.09. The standard InChI is InChI=1S/C10H8FN3O2/c1-16-8-3-2-6(4-7(8)11)9(15)10-12-5-13-14-10/h2-5H,1H3,(H,12,13,14). The highest BCUT2D eigenvalue weighted by Gasteiger charge is 2.14. The lowest BCUT2D eigenvalue weighted by atomic mass is 10.1. The van der Waals surface area contributed by atoms with Crippen molar-refractivity contribution in [1.82, 2.24) is 15.2 Å². The third-order valence-corrected chi connectivity index (χ3v) is 2.04. The van der Waals surface area contributed by atoms with Crippen LogP contribution in [0.15, 0.2) is 24.5 Å². The molecule has 1 heterocycles. The maximum atomic E-state index is 13.3. The molecule has 5 nitrogen and oxygen atoms in total. The molecule has 0 saturated carbocycles. The van der Waals surface area contributed by atoms with Gasteiger partial charge in [0.15, 0.2) is 17.4 Å². The fraction of sp³-hybridized carbons (Fsp3) is 0.100. The Balaban J connectivity index is 2.35. The number of methoxy groups -OCH3 is 1. The molecular weight excluding hydrogens is 213 g/mol. The first-order valence-corrected chi connectivity index (χ1v) is 4.46. The quantitative estimate of drug-likeness (QED) is 0.790. The summed E-state index contributed by atoms with van der Waals surface area (Å²) in [5, 5.41) is 5.97. The monoisotopic (exact) mass is 221 g/mol. The van der Waals surface area contributed by atoms with Crippen LogP contribution >= 0.6 is 0 Å². The average Bonchev–Trinajstić information content (AvgIpc) is 2.81. The predicted octanol–water partition coefficient (Wildman–Crippen LogP) is 1.18. The van der Waals surface area contributed by atoms with Gasteiger partial charge in [0.1, 0.15) is 6.33 Å². The number of hydrogen-bond donors (Lipinski definition) is 1. The van der Waals surface area contributed by atoms with Crippen molar-refractivity contribution in [3.8, 4) is 5.75 Å². The SMILES string of the molecule is COc1ccc(C(=O)c2ncn[nH]2)cc1F. The summed E-state index contributed by atoms with van der Waals surface area (Å²) < 4.78 is 18.1. The van der Waals surface area contributed by atoms with Gasteiger partial charge in [-0.15, -0.1) is 0 Å². The molecule has 16 heavy (non-hydrogen) atoms. The van der Waals surface area contributed by atoms with Gasteiger partial charge in [0.2, 0.25) is 5.78 Å². The zero-order chi connectivity index (χ0) is 11.5. The molecule has 1 N–H and O–H groups in total. The number of nitrogens with zero attached hydrogens (tertiary/aromatic N) is 2. The third-order valence-electron chi connectivity index (χ3n) is 2.04. The van der Waals surface area contributed by atoms with Crippen molar-refractivity contribution in [2.45, 2.75) is 0 Å². The number of carbonyl (C=O) groups excluding carboxylic acids is 1. The molecule has 0 unspecified atom stereocenters. The number of nitrogens with one attached hydrogen (secondary N) is 1. The Kier molecular flexibility index (Phi) is 2.63. The minimum Gasteiger partial charge on any atom is -0.494 e. The van der Waals surface area contributed by atoms with Crippen molar-refractivity contribution in [3.63, 3.8) is 0 Å². The first kappa shape index (κ1) is 10.3. The van der Waals surface area contributed by atoms with E-state index in [0.717, 1.165) is 6.07 Å². The van der Waals surface area contributed by atoms with Gasteiger partial charge >= 0.3 is 0 Å². The van der Waals surface area contributed by atoms with E-state index < -0.39 is 11.6 Å². The molecule has 0 saturated heterocycles. The van der Waals surface area contributed by atoms with Crippen molar-refractivity contribution in [2.24, 2.45) is 0 Å². The van der Waals surface area contributed by atoms with E-state index in [9.17, 15) is 9.18 Å². The summed E-state index contributed by atoms with van der Waals surface area (Å²) in [6.45, 7) is 0. The highest BCUT2D eigenvalue weighted by Crippen LogP contribution is 2.18. The zero-order valence-electron chi connectivity index (χ0n) is 8.40. The molecule has 2 rings (SSSR count).